The molecule has 0 atom stereocenters. The van der Waals surface area contributed by atoms with Crippen molar-refractivity contribution in [2.24, 2.45) is 0 Å². The molecule has 0 amide bonds. The number of fused-ring (bicyclic) bond motifs is 7. The van der Waals surface area contributed by atoms with Crippen molar-refractivity contribution >= 4 is 43.9 Å². The minimum absolute atomic E-state index is 0.612. The maximum Gasteiger partial charge on any atom is 0.229 e. The number of nitrogens with zero attached hydrogens (tertiary/aromatic N) is 5. The monoisotopic (exact) mass is 565 g/mol. The highest BCUT2D eigenvalue weighted by Gasteiger charge is 2.20. The van der Waals surface area contributed by atoms with Gasteiger partial charge in [0.25, 0.3) is 0 Å². The molecule has 4 heterocycles. The number of rotatable bonds is 4. The normalized spacial score (nSPS) is 11.6. The summed E-state index contributed by atoms with van der Waals surface area (Å²) in [6.07, 6.45) is 1.92. The number of furan rings is 1. The quantitative estimate of drug-likeness (QED) is 0.213. The molecule has 0 saturated heterocycles. The van der Waals surface area contributed by atoms with Gasteiger partial charge in [0, 0.05) is 44.7 Å². The molecule has 6 heteroatoms. The zero-order chi connectivity index (χ0) is 29.0. The lowest BCUT2D eigenvalue weighted by atomic mass is 10.1. The summed E-state index contributed by atoms with van der Waals surface area (Å²) in [4.78, 5) is 19.6. The number of hydrogen-bond acceptors (Lipinski definition) is 5. The molecule has 0 radical (unpaired) electrons. The number of aromatic nitrogens is 5. The van der Waals surface area contributed by atoms with E-state index in [4.69, 9.17) is 24.4 Å². The molecule has 0 fully saturated rings. The molecule has 6 nitrogen and oxygen atoms in total. The maximum atomic E-state index is 6.20. The Labute approximate surface area is 251 Å². The Morgan fingerprint density at radius 1 is 0.500 bits per heavy atom. The third kappa shape index (κ3) is 3.82. The summed E-state index contributed by atoms with van der Waals surface area (Å²) in [6.45, 7) is 0. The summed E-state index contributed by atoms with van der Waals surface area (Å²) in [5.74, 6) is 1.88. The number of para-hydroxylation sites is 2. The second-order valence-electron chi connectivity index (χ2n) is 10.7. The van der Waals surface area contributed by atoms with Crippen LogP contribution in [0, 0.1) is 0 Å². The molecule has 0 unspecified atom stereocenters. The van der Waals surface area contributed by atoms with Crippen LogP contribution in [0.2, 0.25) is 0 Å². The van der Waals surface area contributed by atoms with E-state index in [9.17, 15) is 0 Å². The lowest BCUT2D eigenvalue weighted by molar-refractivity contribution is 0.654. The lowest BCUT2D eigenvalue weighted by Crippen LogP contribution is -2.01. The molecule has 0 spiro atoms. The Morgan fingerprint density at radius 3 is 1.82 bits per heavy atom. The van der Waals surface area contributed by atoms with E-state index in [0.29, 0.717) is 23.2 Å². The lowest BCUT2D eigenvalue weighted by Gasteiger charge is -2.12. The zero-order valence-corrected chi connectivity index (χ0v) is 23.4. The predicted octanol–water partition coefficient (Wildman–Crippen LogP) is 9.26. The molecule has 0 aliphatic heterocycles. The van der Waals surface area contributed by atoms with Crippen LogP contribution >= 0.6 is 0 Å². The number of hydrogen-bond donors (Lipinski definition) is 0. The first kappa shape index (κ1) is 24.5. The van der Waals surface area contributed by atoms with Gasteiger partial charge in [0.1, 0.15) is 5.58 Å². The van der Waals surface area contributed by atoms with E-state index < -0.39 is 0 Å². The molecule has 5 aromatic carbocycles. The number of pyridine rings is 1. The van der Waals surface area contributed by atoms with Gasteiger partial charge in [-0.2, -0.15) is 0 Å². The zero-order valence-electron chi connectivity index (χ0n) is 23.4. The van der Waals surface area contributed by atoms with E-state index in [0.717, 1.165) is 60.5 Å². The first-order valence-corrected chi connectivity index (χ1v) is 14.5. The smallest absolute Gasteiger partial charge is 0.229 e. The highest BCUT2D eigenvalue weighted by molar-refractivity contribution is 6.23. The molecule has 0 aliphatic carbocycles. The summed E-state index contributed by atoms with van der Waals surface area (Å²) in [5, 5.41) is 4.24. The summed E-state index contributed by atoms with van der Waals surface area (Å²) in [5.41, 5.74) is 7.36. The first-order valence-electron chi connectivity index (χ1n) is 14.5. The van der Waals surface area contributed by atoms with Crippen molar-refractivity contribution in [2.75, 3.05) is 0 Å². The minimum atomic E-state index is 0.612. The molecule has 9 rings (SSSR count). The van der Waals surface area contributed by atoms with Crippen molar-refractivity contribution in [1.29, 1.82) is 0 Å². The SMILES string of the molecule is c1ccc(-c2nc(-c3ccccc3)nc(-c3cccc(-n4c5ccccc5c5cnc6oc7ccccc7c6c54)c3)n2)cc1. The second-order valence-corrected chi connectivity index (χ2v) is 10.7. The molecule has 4 aromatic heterocycles. The van der Waals surface area contributed by atoms with Crippen LogP contribution in [0.25, 0.3) is 83.7 Å². The summed E-state index contributed by atoms with van der Waals surface area (Å²) < 4.78 is 8.50. The molecular formula is C38H23N5O. The molecule has 206 valence electrons. The van der Waals surface area contributed by atoms with Crippen LogP contribution < -0.4 is 0 Å². The van der Waals surface area contributed by atoms with Gasteiger partial charge in [-0.25, -0.2) is 19.9 Å². The fourth-order valence-corrected chi connectivity index (χ4v) is 6.11. The minimum Gasteiger partial charge on any atom is -0.438 e. The molecule has 44 heavy (non-hydrogen) atoms. The third-order valence-corrected chi connectivity index (χ3v) is 8.10. The second kappa shape index (κ2) is 9.71. The Hall–Kier alpha value is -6.14. The van der Waals surface area contributed by atoms with Crippen LogP contribution in [0.4, 0.5) is 0 Å². The van der Waals surface area contributed by atoms with Gasteiger partial charge >= 0.3 is 0 Å². The van der Waals surface area contributed by atoms with Crippen molar-refractivity contribution in [3.63, 3.8) is 0 Å². The van der Waals surface area contributed by atoms with Crippen molar-refractivity contribution in [1.82, 2.24) is 24.5 Å². The third-order valence-electron chi connectivity index (χ3n) is 8.10. The van der Waals surface area contributed by atoms with Gasteiger partial charge in [-0.05, 0) is 24.3 Å². The average Bonchev–Trinajstić information content (AvgIpc) is 3.65. The average molecular weight is 566 g/mol. The van der Waals surface area contributed by atoms with Gasteiger partial charge < -0.3 is 8.98 Å². The van der Waals surface area contributed by atoms with Crippen molar-refractivity contribution in [3.05, 3.63) is 140 Å². The van der Waals surface area contributed by atoms with Crippen molar-refractivity contribution in [2.45, 2.75) is 0 Å². The van der Waals surface area contributed by atoms with Crippen molar-refractivity contribution in [3.8, 4) is 39.9 Å². The van der Waals surface area contributed by atoms with E-state index >= 15 is 0 Å². The van der Waals surface area contributed by atoms with Crippen LogP contribution in [0.15, 0.2) is 144 Å². The van der Waals surface area contributed by atoms with E-state index in [2.05, 4.69) is 59.2 Å². The van der Waals surface area contributed by atoms with Gasteiger partial charge in [-0.1, -0.05) is 109 Å². The Morgan fingerprint density at radius 2 is 1.09 bits per heavy atom. The Bertz CT molecular complexity index is 2440. The fourth-order valence-electron chi connectivity index (χ4n) is 6.11. The molecule has 9 aromatic rings. The van der Waals surface area contributed by atoms with Gasteiger partial charge in [-0.15, -0.1) is 0 Å². The van der Waals surface area contributed by atoms with E-state index in [1.165, 1.54) is 0 Å². The van der Waals surface area contributed by atoms with E-state index in [-0.39, 0.29) is 0 Å². The molecule has 0 aliphatic rings. The Balaban J connectivity index is 1.31. The summed E-state index contributed by atoms with van der Waals surface area (Å²) >= 11 is 0. The standard InChI is InChI=1S/C38H23N5O/c1-3-12-24(13-4-1)35-40-36(25-14-5-2-6-15-25)42-37(41-35)26-16-11-17-27(22-26)43-31-20-9-7-18-28(31)30-23-39-38-33(34(30)43)29-19-8-10-21-32(29)44-38/h1-23H. The predicted molar refractivity (Wildman–Crippen MR) is 176 cm³/mol. The summed E-state index contributed by atoms with van der Waals surface area (Å²) in [6, 6.07) is 45.0. The van der Waals surface area contributed by atoms with E-state index in [1.807, 2.05) is 85.1 Å². The van der Waals surface area contributed by atoms with Gasteiger partial charge in [0.05, 0.1) is 16.4 Å². The van der Waals surface area contributed by atoms with Crippen LogP contribution in [-0.2, 0) is 0 Å². The van der Waals surface area contributed by atoms with Crippen LogP contribution in [0.1, 0.15) is 0 Å². The maximum absolute atomic E-state index is 6.20. The van der Waals surface area contributed by atoms with E-state index in [1.54, 1.807) is 0 Å². The highest BCUT2D eigenvalue weighted by atomic mass is 16.3. The Kier molecular flexibility index (Phi) is 5.40. The molecule has 0 bridgehead atoms. The first-order chi connectivity index (χ1) is 21.8. The largest absolute Gasteiger partial charge is 0.438 e. The van der Waals surface area contributed by atoms with Crippen LogP contribution in [0.3, 0.4) is 0 Å². The van der Waals surface area contributed by atoms with Gasteiger partial charge in [-0.3, -0.25) is 0 Å². The van der Waals surface area contributed by atoms with Gasteiger partial charge in [0.2, 0.25) is 5.71 Å². The van der Waals surface area contributed by atoms with Crippen LogP contribution in [0.5, 0.6) is 0 Å². The van der Waals surface area contributed by atoms with Gasteiger partial charge in [0.15, 0.2) is 17.5 Å². The topological polar surface area (TPSA) is 69.6 Å². The molecule has 0 N–H and O–H groups in total. The summed E-state index contributed by atoms with van der Waals surface area (Å²) in [7, 11) is 0. The van der Waals surface area contributed by atoms with Crippen molar-refractivity contribution < 1.29 is 4.42 Å². The fraction of sp³-hybridized carbons (Fsp3) is 0. The molecular weight excluding hydrogens is 542 g/mol. The number of benzene rings is 5. The van der Waals surface area contributed by atoms with Crippen LogP contribution in [-0.4, -0.2) is 24.5 Å². The highest BCUT2D eigenvalue weighted by Crippen LogP contribution is 2.40. The molecule has 0 saturated carbocycles.